The van der Waals surface area contributed by atoms with Crippen molar-refractivity contribution in [1.29, 1.82) is 0 Å². The number of amides is 1. The Bertz CT molecular complexity index is 304. The van der Waals surface area contributed by atoms with Gasteiger partial charge in [-0.2, -0.15) is 0 Å². The van der Waals surface area contributed by atoms with Crippen molar-refractivity contribution < 1.29 is 10.0 Å². The van der Waals surface area contributed by atoms with Crippen LogP contribution in [0, 0.1) is 17.3 Å². The van der Waals surface area contributed by atoms with Gasteiger partial charge in [0, 0.05) is 6.54 Å². The van der Waals surface area contributed by atoms with Crippen molar-refractivity contribution in [3.63, 3.8) is 0 Å². The molecule has 1 saturated carbocycles. The van der Waals surface area contributed by atoms with E-state index >= 15 is 0 Å². The number of hydrogen-bond donors (Lipinski definition) is 3. The number of nitrogens with zero attached hydrogens (tertiary/aromatic N) is 1. The number of carbonyl (C=O) groups is 1. The number of oxime groups is 1. The number of rotatable bonds is 5. The molecule has 0 radical (unpaired) electrons. The molecule has 1 fully saturated rings. The van der Waals surface area contributed by atoms with Gasteiger partial charge in [-0.3, -0.25) is 4.79 Å². The van der Waals surface area contributed by atoms with Gasteiger partial charge in [0.25, 0.3) is 0 Å². The summed E-state index contributed by atoms with van der Waals surface area (Å²) in [7, 11) is 0. The van der Waals surface area contributed by atoms with Crippen molar-refractivity contribution in [2.45, 2.75) is 33.6 Å². The Labute approximate surface area is 96.1 Å². The van der Waals surface area contributed by atoms with E-state index in [0.717, 1.165) is 0 Å². The normalized spacial score (nSPS) is 28.3. The average Bonchev–Trinajstić information content (AvgIpc) is 2.99. The predicted molar refractivity (Wildman–Crippen MR) is 62.1 cm³/mol. The highest BCUT2D eigenvalue weighted by atomic mass is 16.4. The van der Waals surface area contributed by atoms with Crippen LogP contribution in [0.2, 0.25) is 0 Å². The minimum Gasteiger partial charge on any atom is -0.409 e. The third kappa shape index (κ3) is 2.46. The highest BCUT2D eigenvalue weighted by Gasteiger charge is 2.38. The molecule has 5 heteroatoms. The van der Waals surface area contributed by atoms with Crippen LogP contribution in [0.3, 0.4) is 0 Å². The molecule has 0 spiro atoms. The van der Waals surface area contributed by atoms with E-state index in [1.165, 1.54) is 6.42 Å². The Balaban J connectivity index is 2.55. The lowest BCUT2D eigenvalue weighted by Gasteiger charge is -2.25. The van der Waals surface area contributed by atoms with Gasteiger partial charge in [-0.25, -0.2) is 0 Å². The van der Waals surface area contributed by atoms with E-state index in [0.29, 0.717) is 24.8 Å². The minimum atomic E-state index is -0.910. The largest absolute Gasteiger partial charge is 0.409 e. The molecule has 4 N–H and O–H groups in total. The second-order valence-electron chi connectivity index (χ2n) is 4.85. The van der Waals surface area contributed by atoms with Gasteiger partial charge in [-0.1, -0.05) is 19.0 Å². The van der Waals surface area contributed by atoms with E-state index in [4.69, 9.17) is 10.9 Å². The van der Waals surface area contributed by atoms with Gasteiger partial charge >= 0.3 is 0 Å². The standard InChI is InChI=1S/C11H21N3O2/c1-4-11(3,9(12)14-16)10(15)13-6-8-5-7(8)2/h7-8,16H,4-6H2,1-3H3,(H2,12,14)(H,13,15). The molecule has 3 unspecified atom stereocenters. The Morgan fingerprint density at radius 2 is 2.25 bits per heavy atom. The molecule has 0 heterocycles. The van der Waals surface area contributed by atoms with Gasteiger partial charge in [0.2, 0.25) is 5.91 Å². The summed E-state index contributed by atoms with van der Waals surface area (Å²) in [6.45, 7) is 6.39. The van der Waals surface area contributed by atoms with Crippen LogP contribution in [0.1, 0.15) is 33.6 Å². The Morgan fingerprint density at radius 3 is 2.62 bits per heavy atom. The smallest absolute Gasteiger partial charge is 0.233 e. The first-order valence-corrected chi connectivity index (χ1v) is 5.72. The molecular weight excluding hydrogens is 206 g/mol. The first-order chi connectivity index (χ1) is 7.45. The fraction of sp³-hybridized carbons (Fsp3) is 0.818. The predicted octanol–water partition coefficient (Wildman–Crippen LogP) is 0.921. The minimum absolute atomic E-state index is 0.0312. The van der Waals surface area contributed by atoms with Gasteiger partial charge in [0.1, 0.15) is 5.41 Å². The topological polar surface area (TPSA) is 87.7 Å². The van der Waals surface area contributed by atoms with E-state index in [9.17, 15) is 4.79 Å². The molecule has 1 aliphatic carbocycles. The molecule has 0 saturated heterocycles. The van der Waals surface area contributed by atoms with Crippen LogP contribution in [-0.2, 0) is 4.79 Å². The summed E-state index contributed by atoms with van der Waals surface area (Å²) < 4.78 is 0. The van der Waals surface area contributed by atoms with Crippen LogP contribution in [0.15, 0.2) is 5.16 Å². The lowest BCUT2D eigenvalue weighted by Crippen LogP contribution is -2.48. The van der Waals surface area contributed by atoms with Crippen molar-refractivity contribution in [2.75, 3.05) is 6.54 Å². The summed E-state index contributed by atoms with van der Waals surface area (Å²) >= 11 is 0. The molecular formula is C11H21N3O2. The summed E-state index contributed by atoms with van der Waals surface area (Å²) in [5.41, 5.74) is 4.64. The SMILES string of the molecule is CCC(C)(C(=O)NCC1CC1C)C(N)=NO. The summed E-state index contributed by atoms with van der Waals surface area (Å²) in [5, 5.41) is 14.5. The Hall–Kier alpha value is -1.26. The molecule has 5 nitrogen and oxygen atoms in total. The van der Waals surface area contributed by atoms with E-state index in [1.807, 2.05) is 6.92 Å². The Kier molecular flexibility index (Phi) is 3.78. The fourth-order valence-corrected chi connectivity index (χ4v) is 1.67. The van der Waals surface area contributed by atoms with Crippen molar-refractivity contribution in [1.82, 2.24) is 5.32 Å². The van der Waals surface area contributed by atoms with Gasteiger partial charge in [0.15, 0.2) is 5.84 Å². The van der Waals surface area contributed by atoms with Crippen LogP contribution >= 0.6 is 0 Å². The maximum atomic E-state index is 12.0. The quantitative estimate of drug-likeness (QED) is 0.282. The second kappa shape index (κ2) is 4.72. The van der Waals surface area contributed by atoms with E-state index in [2.05, 4.69) is 17.4 Å². The average molecular weight is 227 g/mol. The van der Waals surface area contributed by atoms with E-state index in [-0.39, 0.29) is 11.7 Å². The molecule has 1 aliphatic rings. The molecule has 0 aromatic carbocycles. The van der Waals surface area contributed by atoms with Gasteiger partial charge in [-0.15, -0.1) is 0 Å². The molecule has 0 aliphatic heterocycles. The number of nitrogens with one attached hydrogen (secondary N) is 1. The zero-order chi connectivity index (χ0) is 12.3. The van der Waals surface area contributed by atoms with Gasteiger partial charge in [-0.05, 0) is 31.6 Å². The van der Waals surface area contributed by atoms with Gasteiger partial charge < -0.3 is 16.3 Å². The monoisotopic (exact) mass is 227 g/mol. The van der Waals surface area contributed by atoms with Crippen LogP contribution in [0.5, 0.6) is 0 Å². The Morgan fingerprint density at radius 1 is 1.69 bits per heavy atom. The number of hydrogen-bond acceptors (Lipinski definition) is 3. The fourth-order valence-electron chi connectivity index (χ4n) is 1.67. The highest BCUT2D eigenvalue weighted by molar-refractivity contribution is 6.06. The zero-order valence-corrected chi connectivity index (χ0v) is 10.2. The van der Waals surface area contributed by atoms with Crippen molar-refractivity contribution in [3.8, 4) is 0 Å². The van der Waals surface area contributed by atoms with Crippen LogP contribution in [0.4, 0.5) is 0 Å². The number of nitrogens with two attached hydrogens (primary N) is 1. The maximum Gasteiger partial charge on any atom is 0.233 e. The molecule has 16 heavy (non-hydrogen) atoms. The number of carbonyl (C=O) groups excluding carboxylic acids is 1. The van der Waals surface area contributed by atoms with Crippen LogP contribution in [-0.4, -0.2) is 23.5 Å². The van der Waals surface area contributed by atoms with Crippen molar-refractivity contribution in [3.05, 3.63) is 0 Å². The maximum absolute atomic E-state index is 12.0. The van der Waals surface area contributed by atoms with Gasteiger partial charge in [0.05, 0.1) is 0 Å². The van der Waals surface area contributed by atoms with Crippen LogP contribution < -0.4 is 11.1 Å². The summed E-state index contributed by atoms with van der Waals surface area (Å²) in [6, 6.07) is 0. The van der Waals surface area contributed by atoms with E-state index in [1.54, 1.807) is 6.92 Å². The molecule has 1 rings (SSSR count). The first kappa shape index (κ1) is 12.8. The lowest BCUT2D eigenvalue weighted by atomic mass is 9.85. The summed E-state index contributed by atoms with van der Waals surface area (Å²) in [6.07, 6.45) is 1.68. The lowest BCUT2D eigenvalue weighted by molar-refractivity contribution is -0.127. The molecule has 3 atom stereocenters. The molecule has 0 aromatic heterocycles. The van der Waals surface area contributed by atoms with Crippen molar-refractivity contribution >= 4 is 11.7 Å². The highest BCUT2D eigenvalue weighted by Crippen LogP contribution is 2.37. The summed E-state index contributed by atoms with van der Waals surface area (Å²) in [5.74, 6) is 1.11. The number of amidine groups is 1. The zero-order valence-electron chi connectivity index (χ0n) is 10.2. The third-order valence-corrected chi connectivity index (χ3v) is 3.68. The summed E-state index contributed by atoms with van der Waals surface area (Å²) in [4.78, 5) is 12.0. The second-order valence-corrected chi connectivity index (χ2v) is 4.85. The van der Waals surface area contributed by atoms with Crippen molar-refractivity contribution in [2.24, 2.45) is 28.1 Å². The molecule has 92 valence electrons. The molecule has 0 aromatic rings. The van der Waals surface area contributed by atoms with Crippen LogP contribution in [0.25, 0.3) is 0 Å². The molecule has 0 bridgehead atoms. The third-order valence-electron chi connectivity index (χ3n) is 3.68. The first-order valence-electron chi connectivity index (χ1n) is 5.72. The van der Waals surface area contributed by atoms with E-state index < -0.39 is 5.41 Å². The molecule has 1 amide bonds.